The lowest BCUT2D eigenvalue weighted by molar-refractivity contribution is -0.151. The first-order valence-electron chi connectivity index (χ1n) is 5.45. The summed E-state index contributed by atoms with van der Waals surface area (Å²) in [6, 6.07) is 0. The fourth-order valence-electron chi connectivity index (χ4n) is 1.01. The molecule has 0 saturated carbocycles. The highest BCUT2D eigenvalue weighted by Gasteiger charge is 2.31. The van der Waals surface area contributed by atoms with Crippen molar-refractivity contribution in [2.45, 2.75) is 32.5 Å². The molecule has 0 fully saturated rings. The average molecular weight is 283 g/mol. The zero-order valence-corrected chi connectivity index (χ0v) is 10.7. The predicted molar refractivity (Wildman–Crippen MR) is 60.4 cm³/mol. The molecule has 0 bridgehead atoms. The molecule has 0 aliphatic rings. The Morgan fingerprint density at radius 2 is 1.95 bits per heavy atom. The number of amides is 1. The Kier molecular flexibility index (Phi) is 6.95. The summed E-state index contributed by atoms with van der Waals surface area (Å²) in [6.45, 7) is 5.77. The molecule has 0 aliphatic heterocycles. The van der Waals surface area contributed by atoms with Gasteiger partial charge < -0.3 is 14.8 Å². The van der Waals surface area contributed by atoms with Gasteiger partial charge in [0.2, 0.25) is 0 Å². The van der Waals surface area contributed by atoms with Crippen molar-refractivity contribution in [3.8, 4) is 0 Å². The second-order valence-corrected chi connectivity index (χ2v) is 3.88. The molecule has 110 valence electrons. The number of alkyl carbamates (subject to hydrolysis) is 1. The van der Waals surface area contributed by atoms with E-state index in [2.05, 4.69) is 21.4 Å². The molecule has 0 spiro atoms. The van der Waals surface area contributed by atoms with Gasteiger partial charge in [0.1, 0.15) is 12.7 Å². The lowest BCUT2D eigenvalue weighted by atomic mass is 10.3. The summed E-state index contributed by atoms with van der Waals surface area (Å²) >= 11 is 0. The standard InChI is InChI=1S/C11H16F3NO4/c1-7(2)9(16)18-5-4-15-10(17)19-8(3)6-11(12,13)14/h8H,1,4-6H2,2-3H3,(H,15,17). The van der Waals surface area contributed by atoms with Crippen LogP contribution in [-0.4, -0.2) is 37.5 Å². The molecule has 0 aromatic heterocycles. The Hall–Kier alpha value is -1.73. The SMILES string of the molecule is C=C(C)C(=O)OCCNC(=O)OC(C)CC(F)(F)F. The van der Waals surface area contributed by atoms with E-state index in [0.29, 0.717) is 0 Å². The number of carbonyl (C=O) groups is 2. The monoisotopic (exact) mass is 283 g/mol. The van der Waals surface area contributed by atoms with Crippen molar-refractivity contribution >= 4 is 12.1 Å². The van der Waals surface area contributed by atoms with Crippen molar-refractivity contribution in [2.24, 2.45) is 0 Å². The molecule has 0 radical (unpaired) electrons. The summed E-state index contributed by atoms with van der Waals surface area (Å²) in [4.78, 5) is 22.0. The minimum atomic E-state index is -4.39. The average Bonchev–Trinajstić information content (AvgIpc) is 2.20. The molecule has 19 heavy (non-hydrogen) atoms. The summed E-state index contributed by atoms with van der Waals surface area (Å²) in [5.74, 6) is -0.611. The fraction of sp³-hybridized carbons (Fsp3) is 0.636. The van der Waals surface area contributed by atoms with Crippen molar-refractivity contribution in [1.29, 1.82) is 0 Å². The van der Waals surface area contributed by atoms with Gasteiger partial charge in [0.05, 0.1) is 13.0 Å². The second-order valence-electron chi connectivity index (χ2n) is 3.88. The minimum Gasteiger partial charge on any atom is -0.460 e. The van der Waals surface area contributed by atoms with Gasteiger partial charge in [0.25, 0.3) is 0 Å². The number of halogens is 3. The molecule has 1 atom stereocenters. The van der Waals surface area contributed by atoms with Crippen LogP contribution < -0.4 is 5.32 Å². The fourth-order valence-corrected chi connectivity index (χ4v) is 1.01. The summed E-state index contributed by atoms with van der Waals surface area (Å²) in [5, 5.41) is 2.16. The maximum absolute atomic E-state index is 12.0. The van der Waals surface area contributed by atoms with Gasteiger partial charge in [-0.25, -0.2) is 9.59 Å². The van der Waals surface area contributed by atoms with Crippen molar-refractivity contribution in [1.82, 2.24) is 5.32 Å². The highest BCUT2D eigenvalue weighted by Crippen LogP contribution is 2.22. The van der Waals surface area contributed by atoms with E-state index in [-0.39, 0.29) is 18.7 Å². The maximum atomic E-state index is 12.0. The van der Waals surface area contributed by atoms with Gasteiger partial charge in [-0.2, -0.15) is 13.2 Å². The number of hydrogen-bond acceptors (Lipinski definition) is 4. The van der Waals surface area contributed by atoms with E-state index in [1.165, 1.54) is 6.92 Å². The Bertz CT molecular complexity index is 341. The molecule has 0 saturated heterocycles. The van der Waals surface area contributed by atoms with Crippen LogP contribution in [0.4, 0.5) is 18.0 Å². The number of hydrogen-bond donors (Lipinski definition) is 1. The minimum absolute atomic E-state index is 0.0589. The van der Waals surface area contributed by atoms with Crippen LogP contribution in [0.2, 0.25) is 0 Å². The topological polar surface area (TPSA) is 64.6 Å². The quantitative estimate of drug-likeness (QED) is 0.461. The molecule has 5 nitrogen and oxygen atoms in total. The molecule has 0 aliphatic carbocycles. The molecule has 1 amide bonds. The van der Waals surface area contributed by atoms with E-state index < -0.39 is 30.8 Å². The number of carbonyl (C=O) groups excluding carboxylic acids is 2. The highest BCUT2D eigenvalue weighted by molar-refractivity contribution is 5.86. The zero-order chi connectivity index (χ0) is 15.1. The van der Waals surface area contributed by atoms with Crippen LogP contribution >= 0.6 is 0 Å². The third-order valence-corrected chi connectivity index (χ3v) is 1.78. The Morgan fingerprint density at radius 3 is 2.42 bits per heavy atom. The first-order valence-corrected chi connectivity index (χ1v) is 5.45. The van der Waals surface area contributed by atoms with Gasteiger partial charge in [0.15, 0.2) is 0 Å². The second kappa shape index (κ2) is 7.65. The largest absolute Gasteiger partial charge is 0.460 e. The van der Waals surface area contributed by atoms with Gasteiger partial charge in [-0.1, -0.05) is 6.58 Å². The van der Waals surface area contributed by atoms with E-state index >= 15 is 0 Å². The smallest absolute Gasteiger partial charge is 0.407 e. The lowest BCUT2D eigenvalue weighted by Gasteiger charge is -2.15. The summed E-state index contributed by atoms with van der Waals surface area (Å²) in [5.41, 5.74) is 0.210. The molecular weight excluding hydrogens is 267 g/mol. The Labute approximate surface area is 108 Å². The predicted octanol–water partition coefficient (Wildman–Crippen LogP) is 2.17. The van der Waals surface area contributed by atoms with Crippen LogP contribution in [0.3, 0.4) is 0 Å². The van der Waals surface area contributed by atoms with Crippen molar-refractivity contribution in [3.05, 3.63) is 12.2 Å². The highest BCUT2D eigenvalue weighted by atomic mass is 19.4. The van der Waals surface area contributed by atoms with Crippen LogP contribution in [0.5, 0.6) is 0 Å². The van der Waals surface area contributed by atoms with Crippen LogP contribution in [0.25, 0.3) is 0 Å². The summed E-state index contributed by atoms with van der Waals surface area (Å²) in [6.07, 6.45) is -7.89. The third kappa shape index (κ3) is 9.93. The zero-order valence-electron chi connectivity index (χ0n) is 10.7. The van der Waals surface area contributed by atoms with Crippen molar-refractivity contribution in [2.75, 3.05) is 13.2 Å². The van der Waals surface area contributed by atoms with Gasteiger partial charge in [0, 0.05) is 5.57 Å². The normalized spacial score (nSPS) is 12.5. The number of nitrogens with one attached hydrogen (secondary N) is 1. The summed E-state index contributed by atoms with van der Waals surface area (Å²) in [7, 11) is 0. The van der Waals surface area contributed by atoms with Gasteiger partial charge >= 0.3 is 18.2 Å². The van der Waals surface area contributed by atoms with Gasteiger partial charge in [-0.15, -0.1) is 0 Å². The molecule has 1 unspecified atom stereocenters. The van der Waals surface area contributed by atoms with Crippen LogP contribution in [0, 0.1) is 0 Å². The maximum Gasteiger partial charge on any atom is 0.407 e. The molecule has 0 aromatic carbocycles. The van der Waals surface area contributed by atoms with Crippen molar-refractivity contribution in [3.63, 3.8) is 0 Å². The Morgan fingerprint density at radius 1 is 1.37 bits per heavy atom. The van der Waals surface area contributed by atoms with E-state index in [4.69, 9.17) is 0 Å². The Balaban J connectivity index is 3.76. The van der Waals surface area contributed by atoms with E-state index in [0.717, 1.165) is 6.92 Å². The lowest BCUT2D eigenvalue weighted by Crippen LogP contribution is -2.32. The molecule has 8 heteroatoms. The van der Waals surface area contributed by atoms with Crippen LogP contribution in [0.1, 0.15) is 20.3 Å². The van der Waals surface area contributed by atoms with Crippen molar-refractivity contribution < 1.29 is 32.2 Å². The summed E-state index contributed by atoms with van der Waals surface area (Å²) < 4.78 is 45.0. The number of esters is 1. The van der Waals surface area contributed by atoms with Crippen LogP contribution in [-0.2, 0) is 14.3 Å². The first kappa shape index (κ1) is 17.3. The van der Waals surface area contributed by atoms with E-state index in [1.54, 1.807) is 0 Å². The molecule has 0 heterocycles. The van der Waals surface area contributed by atoms with E-state index in [9.17, 15) is 22.8 Å². The van der Waals surface area contributed by atoms with E-state index in [1.807, 2.05) is 0 Å². The van der Waals surface area contributed by atoms with Gasteiger partial charge in [-0.05, 0) is 13.8 Å². The molecule has 0 aromatic rings. The van der Waals surface area contributed by atoms with Crippen LogP contribution in [0.15, 0.2) is 12.2 Å². The molecule has 0 rings (SSSR count). The third-order valence-electron chi connectivity index (χ3n) is 1.78. The molecule has 1 N–H and O–H groups in total. The number of ether oxygens (including phenoxy) is 2. The van der Waals surface area contributed by atoms with Gasteiger partial charge in [-0.3, -0.25) is 0 Å². The molecular formula is C11H16F3NO4. The number of alkyl halides is 3. The number of rotatable bonds is 6. The first-order chi connectivity index (χ1) is 8.61.